The van der Waals surface area contributed by atoms with Gasteiger partial charge in [-0.1, -0.05) is 15.9 Å². The number of alkyl halides is 1. The van der Waals surface area contributed by atoms with Crippen molar-refractivity contribution < 1.29 is 0 Å². The molecule has 12 heavy (non-hydrogen) atoms. The smallest absolute Gasteiger partial charge is 0.0263 e. The number of hydrogen-bond acceptors (Lipinski definition) is 0. The van der Waals surface area contributed by atoms with Crippen molar-refractivity contribution in [3.05, 3.63) is 0 Å². The van der Waals surface area contributed by atoms with Crippen LogP contribution in [0.4, 0.5) is 0 Å². The van der Waals surface area contributed by atoms with Gasteiger partial charge in [0, 0.05) is 4.32 Å². The van der Waals surface area contributed by atoms with Gasteiger partial charge in [-0.05, 0) is 62.7 Å². The summed E-state index contributed by atoms with van der Waals surface area (Å²) in [5.74, 6) is 3.28. The van der Waals surface area contributed by atoms with Crippen LogP contribution in [0.3, 0.4) is 0 Å². The van der Waals surface area contributed by atoms with E-state index in [0.29, 0.717) is 4.32 Å². The Morgan fingerprint density at radius 1 is 0.917 bits per heavy atom. The molecule has 4 bridgehead atoms. The van der Waals surface area contributed by atoms with Crippen LogP contribution in [0.15, 0.2) is 0 Å². The van der Waals surface area contributed by atoms with Gasteiger partial charge in [0.15, 0.2) is 0 Å². The minimum absolute atomic E-state index is 0.589. The van der Waals surface area contributed by atoms with Gasteiger partial charge in [0.2, 0.25) is 0 Å². The zero-order valence-corrected chi connectivity index (χ0v) is 9.15. The zero-order valence-electron chi connectivity index (χ0n) is 7.56. The molecule has 0 heterocycles. The van der Waals surface area contributed by atoms with Crippen molar-refractivity contribution in [3.8, 4) is 0 Å². The second-order valence-corrected chi connectivity index (χ2v) is 7.09. The lowest BCUT2D eigenvalue weighted by Crippen LogP contribution is -2.34. The van der Waals surface area contributed by atoms with Crippen LogP contribution in [0.2, 0.25) is 0 Å². The molecule has 0 nitrogen and oxygen atoms in total. The van der Waals surface area contributed by atoms with E-state index in [0.717, 1.165) is 17.8 Å². The Balaban J connectivity index is 1.94. The summed E-state index contributed by atoms with van der Waals surface area (Å²) in [4.78, 5) is 0. The molecule has 2 unspecified atom stereocenters. The highest BCUT2D eigenvalue weighted by Crippen LogP contribution is 2.56. The molecule has 0 aliphatic heterocycles. The fourth-order valence-electron chi connectivity index (χ4n) is 4.06. The molecule has 4 aliphatic rings. The summed E-state index contributed by atoms with van der Waals surface area (Å²) in [6.45, 7) is 0. The molecular formula is C11H17Br. The Kier molecular flexibility index (Phi) is 1.63. The van der Waals surface area contributed by atoms with Crippen LogP contribution in [-0.4, -0.2) is 4.32 Å². The molecule has 4 atom stereocenters. The zero-order chi connectivity index (χ0) is 8.18. The van der Waals surface area contributed by atoms with E-state index >= 15 is 0 Å². The third-order valence-electron chi connectivity index (χ3n) is 4.31. The second-order valence-electron chi connectivity index (χ2n) is 5.40. The first-order valence-corrected chi connectivity index (χ1v) is 6.22. The van der Waals surface area contributed by atoms with Crippen LogP contribution >= 0.6 is 15.9 Å². The SMILES string of the molecule is BrC12CCC3C[C@H](C[C@H](C3)C1)C2. The lowest BCUT2D eigenvalue weighted by molar-refractivity contribution is 0.148. The number of hydrogen-bond donors (Lipinski definition) is 0. The predicted octanol–water partition coefficient (Wildman–Crippen LogP) is 3.74. The Hall–Kier alpha value is 0.480. The van der Waals surface area contributed by atoms with Gasteiger partial charge in [0.1, 0.15) is 0 Å². The molecular weight excluding hydrogens is 212 g/mol. The lowest BCUT2D eigenvalue weighted by atomic mass is 9.68. The highest BCUT2D eigenvalue weighted by atomic mass is 79.9. The maximum atomic E-state index is 4.00. The minimum atomic E-state index is 0.589. The summed E-state index contributed by atoms with van der Waals surface area (Å²) >= 11 is 4.00. The highest BCUT2D eigenvalue weighted by molar-refractivity contribution is 9.10. The molecule has 4 saturated carbocycles. The van der Waals surface area contributed by atoms with Crippen LogP contribution in [0, 0.1) is 17.8 Å². The van der Waals surface area contributed by atoms with Crippen molar-refractivity contribution in [2.45, 2.75) is 49.3 Å². The standard InChI is InChI=1S/C11H17Br/c12-11-2-1-8-3-9(6-11)5-10(4-8)7-11/h8-10H,1-7H2/t8?,9-,10+,11?. The molecule has 4 aliphatic carbocycles. The fourth-order valence-corrected chi connectivity index (χ4v) is 5.20. The molecule has 0 spiro atoms. The van der Waals surface area contributed by atoms with E-state index in [1.165, 1.54) is 25.7 Å². The average molecular weight is 229 g/mol. The van der Waals surface area contributed by atoms with Gasteiger partial charge in [-0.15, -0.1) is 0 Å². The molecule has 0 aromatic heterocycles. The normalized spacial score (nSPS) is 57.2. The van der Waals surface area contributed by atoms with E-state index in [2.05, 4.69) is 15.9 Å². The first kappa shape index (κ1) is 7.84. The maximum Gasteiger partial charge on any atom is 0.0263 e. The molecule has 68 valence electrons. The van der Waals surface area contributed by atoms with Crippen molar-refractivity contribution >= 4 is 15.9 Å². The molecule has 1 heteroatoms. The van der Waals surface area contributed by atoms with Crippen molar-refractivity contribution in [1.82, 2.24) is 0 Å². The fraction of sp³-hybridized carbons (Fsp3) is 1.00. The summed E-state index contributed by atoms with van der Waals surface area (Å²) in [6.07, 6.45) is 10.6. The van der Waals surface area contributed by atoms with E-state index in [4.69, 9.17) is 0 Å². The summed E-state index contributed by atoms with van der Waals surface area (Å²) in [5.41, 5.74) is 0. The molecule has 4 rings (SSSR count). The van der Waals surface area contributed by atoms with Gasteiger partial charge in [0.25, 0.3) is 0 Å². The van der Waals surface area contributed by atoms with Gasteiger partial charge in [-0.25, -0.2) is 0 Å². The molecule has 0 amide bonds. The Bertz CT molecular complexity index is 185. The van der Waals surface area contributed by atoms with Gasteiger partial charge in [-0.2, -0.15) is 0 Å². The molecule has 4 fully saturated rings. The predicted molar refractivity (Wildman–Crippen MR) is 54.4 cm³/mol. The summed E-state index contributed by atoms with van der Waals surface area (Å²) in [6, 6.07) is 0. The number of halogens is 1. The van der Waals surface area contributed by atoms with Gasteiger partial charge in [-0.3, -0.25) is 0 Å². The molecule has 0 aromatic rings. The third-order valence-corrected chi connectivity index (χ3v) is 5.35. The lowest BCUT2D eigenvalue weighted by Gasteiger charge is -2.42. The van der Waals surface area contributed by atoms with Gasteiger partial charge in [0.05, 0.1) is 0 Å². The van der Waals surface area contributed by atoms with E-state index in [-0.39, 0.29) is 0 Å². The van der Waals surface area contributed by atoms with Crippen LogP contribution < -0.4 is 0 Å². The van der Waals surface area contributed by atoms with E-state index in [9.17, 15) is 0 Å². The van der Waals surface area contributed by atoms with Crippen LogP contribution in [0.25, 0.3) is 0 Å². The minimum Gasteiger partial charge on any atom is -0.0853 e. The largest absolute Gasteiger partial charge is 0.0853 e. The van der Waals surface area contributed by atoms with Crippen molar-refractivity contribution in [1.29, 1.82) is 0 Å². The monoisotopic (exact) mass is 228 g/mol. The van der Waals surface area contributed by atoms with Crippen molar-refractivity contribution in [2.75, 3.05) is 0 Å². The number of fused-ring (bicyclic) bond motifs is 1. The van der Waals surface area contributed by atoms with Crippen LogP contribution in [0.5, 0.6) is 0 Å². The van der Waals surface area contributed by atoms with Gasteiger partial charge < -0.3 is 0 Å². The van der Waals surface area contributed by atoms with Crippen molar-refractivity contribution in [2.24, 2.45) is 17.8 Å². The Morgan fingerprint density at radius 3 is 2.17 bits per heavy atom. The Labute approximate surface area is 83.2 Å². The second kappa shape index (κ2) is 2.50. The van der Waals surface area contributed by atoms with Crippen LogP contribution in [0.1, 0.15) is 44.9 Å². The highest BCUT2D eigenvalue weighted by Gasteiger charge is 2.45. The summed E-state index contributed by atoms with van der Waals surface area (Å²) < 4.78 is 0.589. The summed E-state index contributed by atoms with van der Waals surface area (Å²) in [5, 5.41) is 0. The first-order chi connectivity index (χ1) is 5.73. The van der Waals surface area contributed by atoms with Crippen molar-refractivity contribution in [3.63, 3.8) is 0 Å². The first-order valence-electron chi connectivity index (χ1n) is 5.42. The van der Waals surface area contributed by atoms with E-state index < -0.39 is 0 Å². The molecule has 0 saturated heterocycles. The van der Waals surface area contributed by atoms with Crippen LogP contribution in [-0.2, 0) is 0 Å². The summed E-state index contributed by atoms with van der Waals surface area (Å²) in [7, 11) is 0. The molecule has 0 aromatic carbocycles. The molecule has 0 radical (unpaired) electrons. The Morgan fingerprint density at radius 2 is 1.50 bits per heavy atom. The quantitative estimate of drug-likeness (QED) is 0.555. The topological polar surface area (TPSA) is 0 Å². The molecule has 0 N–H and O–H groups in total. The van der Waals surface area contributed by atoms with E-state index in [1.807, 2.05) is 0 Å². The maximum absolute atomic E-state index is 4.00. The average Bonchev–Trinajstić information content (AvgIpc) is 2.14. The van der Waals surface area contributed by atoms with E-state index in [1.54, 1.807) is 19.3 Å². The van der Waals surface area contributed by atoms with Gasteiger partial charge >= 0.3 is 0 Å². The number of rotatable bonds is 0. The third kappa shape index (κ3) is 1.16.